The molecule has 7 heteroatoms. The summed E-state index contributed by atoms with van der Waals surface area (Å²) >= 11 is 0. The van der Waals surface area contributed by atoms with Gasteiger partial charge in [-0.2, -0.15) is 13.2 Å². The minimum Gasteiger partial charge on any atom is -0.466 e. The third kappa shape index (κ3) is 1.70. The molecule has 0 bridgehead atoms. The molecule has 1 aromatic rings. The summed E-state index contributed by atoms with van der Waals surface area (Å²) < 4.78 is 60.7. The molecule has 0 amide bonds. The van der Waals surface area contributed by atoms with Crippen LogP contribution in [0.3, 0.4) is 0 Å². The number of fused-ring (bicyclic) bond motifs is 1. The third-order valence-electron chi connectivity index (χ3n) is 2.73. The number of ether oxygens (including phenoxy) is 2. The number of alkyl halides is 3. The van der Waals surface area contributed by atoms with E-state index >= 15 is 0 Å². The van der Waals surface area contributed by atoms with Gasteiger partial charge in [-0.3, -0.25) is 0 Å². The van der Waals surface area contributed by atoms with Crippen LogP contribution in [0.4, 0.5) is 17.6 Å². The molecule has 3 nitrogen and oxygen atoms in total. The second-order valence-electron chi connectivity index (χ2n) is 3.85. The molecule has 1 unspecified atom stereocenters. The van der Waals surface area contributed by atoms with Crippen LogP contribution in [-0.4, -0.2) is 24.9 Å². The van der Waals surface area contributed by atoms with Crippen LogP contribution in [0.5, 0.6) is 5.75 Å². The van der Waals surface area contributed by atoms with E-state index in [1.807, 2.05) is 0 Å². The van der Waals surface area contributed by atoms with Crippen molar-refractivity contribution in [2.75, 3.05) is 7.11 Å². The average Bonchev–Trinajstić information content (AvgIpc) is 2.67. The number of halogens is 4. The molecule has 0 N–H and O–H groups in total. The number of esters is 1. The smallest absolute Gasteiger partial charge is 0.439 e. The van der Waals surface area contributed by atoms with Gasteiger partial charge in [0.05, 0.1) is 7.11 Å². The molecule has 0 radical (unpaired) electrons. The second kappa shape index (κ2) is 3.86. The topological polar surface area (TPSA) is 35.5 Å². The van der Waals surface area contributed by atoms with Crippen LogP contribution in [0.1, 0.15) is 5.56 Å². The highest BCUT2D eigenvalue weighted by molar-refractivity contribution is 5.83. The lowest BCUT2D eigenvalue weighted by Gasteiger charge is -2.27. The summed E-state index contributed by atoms with van der Waals surface area (Å²) in [6.45, 7) is 0. The fourth-order valence-electron chi connectivity index (χ4n) is 1.81. The van der Waals surface area contributed by atoms with Gasteiger partial charge in [0.2, 0.25) is 0 Å². The Bertz CT molecular complexity index is 498. The maximum Gasteiger partial charge on any atom is 0.439 e. The predicted molar refractivity (Wildman–Crippen MR) is 51.5 cm³/mol. The predicted octanol–water partition coefficient (Wildman–Crippen LogP) is 2.23. The van der Waals surface area contributed by atoms with Crippen molar-refractivity contribution in [2.45, 2.75) is 18.2 Å². The number of carbonyl (C=O) groups excluding carboxylic acids is 1. The highest BCUT2D eigenvalue weighted by atomic mass is 19.4. The monoisotopic (exact) mass is 264 g/mol. The number of benzene rings is 1. The molecule has 1 atom stereocenters. The Labute approximate surface area is 99.3 Å². The Hall–Kier alpha value is -1.79. The Kier molecular flexibility index (Phi) is 2.71. The summed E-state index contributed by atoms with van der Waals surface area (Å²) in [5, 5.41) is 0. The molecule has 0 saturated heterocycles. The summed E-state index contributed by atoms with van der Waals surface area (Å²) in [6.07, 6.45) is -5.67. The molecule has 0 aliphatic carbocycles. The van der Waals surface area contributed by atoms with Crippen molar-refractivity contribution in [3.63, 3.8) is 0 Å². The van der Waals surface area contributed by atoms with E-state index in [0.717, 1.165) is 25.3 Å². The van der Waals surface area contributed by atoms with Crippen molar-refractivity contribution in [3.05, 3.63) is 29.6 Å². The van der Waals surface area contributed by atoms with E-state index in [9.17, 15) is 22.4 Å². The van der Waals surface area contributed by atoms with Crippen LogP contribution < -0.4 is 4.74 Å². The van der Waals surface area contributed by atoms with E-state index in [0.29, 0.717) is 0 Å². The SMILES string of the molecule is COC(=O)C1(C(F)(F)F)Cc2ccc(F)cc2O1. The number of methoxy groups -OCH3 is 1. The number of hydrogen-bond donors (Lipinski definition) is 0. The first-order valence-corrected chi connectivity index (χ1v) is 4.93. The van der Waals surface area contributed by atoms with Crippen molar-refractivity contribution in [1.29, 1.82) is 0 Å². The highest BCUT2D eigenvalue weighted by Gasteiger charge is 2.66. The van der Waals surface area contributed by atoms with Crippen molar-refractivity contribution in [1.82, 2.24) is 0 Å². The average molecular weight is 264 g/mol. The third-order valence-corrected chi connectivity index (χ3v) is 2.73. The van der Waals surface area contributed by atoms with E-state index < -0.39 is 30.0 Å². The lowest BCUT2D eigenvalue weighted by atomic mass is 9.96. The molecular formula is C11H8F4O3. The summed E-state index contributed by atoms with van der Waals surface area (Å²) in [7, 11) is 0.836. The first-order valence-electron chi connectivity index (χ1n) is 4.93. The van der Waals surface area contributed by atoms with Gasteiger partial charge in [-0.05, 0) is 11.6 Å². The van der Waals surface area contributed by atoms with Crippen molar-refractivity contribution >= 4 is 5.97 Å². The van der Waals surface area contributed by atoms with Gasteiger partial charge in [-0.25, -0.2) is 9.18 Å². The molecule has 2 rings (SSSR count). The minimum atomic E-state index is -4.95. The zero-order valence-electron chi connectivity index (χ0n) is 9.18. The molecule has 0 saturated carbocycles. The lowest BCUT2D eigenvalue weighted by Crippen LogP contribution is -2.56. The molecule has 0 aromatic heterocycles. The molecule has 1 aromatic carbocycles. The molecule has 0 fully saturated rings. The molecule has 1 aliphatic rings. The van der Waals surface area contributed by atoms with Gasteiger partial charge < -0.3 is 9.47 Å². The number of rotatable bonds is 1. The number of hydrogen-bond acceptors (Lipinski definition) is 3. The van der Waals surface area contributed by atoms with Crippen LogP contribution in [-0.2, 0) is 16.0 Å². The van der Waals surface area contributed by atoms with E-state index in [-0.39, 0.29) is 11.3 Å². The van der Waals surface area contributed by atoms with E-state index in [2.05, 4.69) is 9.47 Å². The first-order chi connectivity index (χ1) is 8.30. The lowest BCUT2D eigenvalue weighted by molar-refractivity contribution is -0.246. The van der Waals surface area contributed by atoms with Gasteiger partial charge in [0.25, 0.3) is 0 Å². The van der Waals surface area contributed by atoms with Gasteiger partial charge >= 0.3 is 17.7 Å². The number of carbonyl (C=O) groups is 1. The zero-order valence-corrected chi connectivity index (χ0v) is 9.18. The molecule has 98 valence electrons. The Morgan fingerprint density at radius 2 is 2.11 bits per heavy atom. The molecule has 1 aliphatic heterocycles. The normalized spacial score (nSPS) is 22.3. The van der Waals surface area contributed by atoms with Gasteiger partial charge in [-0.15, -0.1) is 0 Å². The van der Waals surface area contributed by atoms with Crippen molar-refractivity contribution in [2.24, 2.45) is 0 Å². The summed E-state index contributed by atoms with van der Waals surface area (Å²) in [5.74, 6) is -2.58. The van der Waals surface area contributed by atoms with Crippen molar-refractivity contribution < 1.29 is 31.8 Å². The maximum atomic E-state index is 13.0. The van der Waals surface area contributed by atoms with Crippen LogP contribution >= 0.6 is 0 Å². The fraction of sp³-hybridized carbons (Fsp3) is 0.364. The van der Waals surface area contributed by atoms with Crippen LogP contribution in [0.2, 0.25) is 0 Å². The van der Waals surface area contributed by atoms with Gasteiger partial charge in [-0.1, -0.05) is 6.07 Å². The van der Waals surface area contributed by atoms with Crippen molar-refractivity contribution in [3.8, 4) is 5.75 Å². The summed E-state index contributed by atoms with van der Waals surface area (Å²) in [6, 6.07) is 2.97. The minimum absolute atomic E-state index is 0.110. The van der Waals surface area contributed by atoms with Gasteiger partial charge in [0, 0.05) is 12.5 Å². The molecule has 18 heavy (non-hydrogen) atoms. The molecule has 0 spiro atoms. The maximum absolute atomic E-state index is 13.0. The summed E-state index contributed by atoms with van der Waals surface area (Å²) in [5.41, 5.74) is -2.98. The molecule has 1 heterocycles. The fourth-order valence-corrected chi connectivity index (χ4v) is 1.81. The van der Waals surface area contributed by atoms with E-state index in [4.69, 9.17) is 0 Å². The second-order valence-corrected chi connectivity index (χ2v) is 3.85. The summed E-state index contributed by atoms with van der Waals surface area (Å²) in [4.78, 5) is 11.4. The Morgan fingerprint density at radius 3 is 2.67 bits per heavy atom. The van der Waals surface area contributed by atoms with Crippen LogP contribution in [0, 0.1) is 5.82 Å². The highest BCUT2D eigenvalue weighted by Crippen LogP contribution is 2.45. The quantitative estimate of drug-likeness (QED) is 0.576. The zero-order chi connectivity index (χ0) is 13.6. The Morgan fingerprint density at radius 1 is 1.44 bits per heavy atom. The van der Waals surface area contributed by atoms with Crippen LogP contribution in [0.25, 0.3) is 0 Å². The first kappa shape index (κ1) is 12.7. The largest absolute Gasteiger partial charge is 0.466 e. The Balaban J connectivity index is 2.47. The molecular weight excluding hydrogens is 256 g/mol. The standard InChI is InChI=1S/C11H8F4O3/c1-17-9(16)10(11(13,14)15)5-6-2-3-7(12)4-8(6)18-10/h2-4H,5H2,1H3. The van der Waals surface area contributed by atoms with E-state index in [1.165, 1.54) is 0 Å². The van der Waals surface area contributed by atoms with Crippen LogP contribution in [0.15, 0.2) is 18.2 Å². The van der Waals surface area contributed by atoms with E-state index in [1.54, 1.807) is 0 Å². The van der Waals surface area contributed by atoms with Gasteiger partial charge in [0.1, 0.15) is 11.6 Å². The van der Waals surface area contributed by atoms with Gasteiger partial charge in [0.15, 0.2) is 0 Å².